The first-order valence-corrected chi connectivity index (χ1v) is 12.4. The zero-order chi connectivity index (χ0) is 19.8. The number of oxime groups is 1. The van der Waals surface area contributed by atoms with Gasteiger partial charge in [-0.15, -0.1) is 23.1 Å². The summed E-state index contributed by atoms with van der Waals surface area (Å²) in [5.74, 6) is 1.53. The van der Waals surface area contributed by atoms with Gasteiger partial charge in [0.2, 0.25) is 4.24 Å². The summed E-state index contributed by atoms with van der Waals surface area (Å²) in [5, 5.41) is 13.1. The molecule has 2 rings (SSSR count). The summed E-state index contributed by atoms with van der Waals surface area (Å²) in [6.45, 7) is 12.5. The van der Waals surface area contributed by atoms with E-state index < -0.39 is 11.4 Å². The Hall–Kier alpha value is -0.600. The van der Waals surface area contributed by atoms with Gasteiger partial charge in [0.25, 0.3) is 0 Å². The molecule has 0 saturated heterocycles. The van der Waals surface area contributed by atoms with Crippen LogP contribution >= 0.6 is 23.5 Å². The van der Waals surface area contributed by atoms with Crippen LogP contribution in [0.2, 0.25) is 0 Å². The summed E-state index contributed by atoms with van der Waals surface area (Å²) < 4.78 is 17.1. The van der Waals surface area contributed by atoms with E-state index in [9.17, 15) is 9.76 Å². The lowest BCUT2D eigenvalue weighted by Crippen LogP contribution is -2.28. The van der Waals surface area contributed by atoms with Gasteiger partial charge < -0.3 is 9.76 Å². The number of fused-ring (bicyclic) bond motifs is 1. The predicted molar refractivity (Wildman–Crippen MR) is 122 cm³/mol. The van der Waals surface area contributed by atoms with Crippen molar-refractivity contribution in [1.82, 2.24) is 4.72 Å². The maximum absolute atomic E-state index is 12.9. The van der Waals surface area contributed by atoms with Crippen LogP contribution < -0.4 is 4.72 Å². The molecule has 27 heavy (non-hydrogen) atoms. The lowest BCUT2D eigenvalue weighted by Gasteiger charge is -2.26. The Labute approximate surface area is 175 Å². The van der Waals surface area contributed by atoms with Gasteiger partial charge in [0.15, 0.2) is 0 Å². The van der Waals surface area contributed by atoms with Gasteiger partial charge in [-0.3, -0.25) is 0 Å². The van der Waals surface area contributed by atoms with Crippen molar-refractivity contribution in [3.63, 3.8) is 0 Å². The Morgan fingerprint density at radius 3 is 2.96 bits per heavy atom. The number of hydrogen-bond acceptors (Lipinski definition) is 6. The van der Waals surface area contributed by atoms with E-state index in [2.05, 4.69) is 30.0 Å². The molecule has 1 saturated carbocycles. The van der Waals surface area contributed by atoms with Crippen LogP contribution in [0.1, 0.15) is 39.5 Å². The van der Waals surface area contributed by atoms with E-state index in [-0.39, 0.29) is 10.5 Å². The maximum Gasteiger partial charge on any atom is 0.208 e. The Kier molecular flexibility index (Phi) is 9.59. The number of thioether (sulfide) groups is 2. The second-order valence-corrected chi connectivity index (χ2v) is 10.8. The Balaban J connectivity index is 2.13. The molecule has 0 aromatic rings. The zero-order valence-corrected chi connectivity index (χ0v) is 18.6. The summed E-state index contributed by atoms with van der Waals surface area (Å²) in [7, 11) is 0. The highest BCUT2D eigenvalue weighted by molar-refractivity contribution is 8.26. The third-order valence-corrected chi connectivity index (χ3v) is 9.48. The van der Waals surface area contributed by atoms with Crippen molar-refractivity contribution in [2.75, 3.05) is 12.3 Å². The Bertz CT molecular complexity index is 631. The summed E-state index contributed by atoms with van der Waals surface area (Å²) in [6, 6.07) is 0. The lowest BCUT2D eigenvalue weighted by molar-refractivity contribution is 0.313. The van der Waals surface area contributed by atoms with Crippen LogP contribution in [0, 0.1) is 11.8 Å². The molecule has 2 N–H and O–H groups in total. The van der Waals surface area contributed by atoms with E-state index in [1.807, 2.05) is 36.9 Å². The summed E-state index contributed by atoms with van der Waals surface area (Å²) >= 11 is 2.28. The highest BCUT2D eigenvalue weighted by atomic mass is 32.3. The summed E-state index contributed by atoms with van der Waals surface area (Å²) in [6.07, 6.45) is 9.60. The van der Waals surface area contributed by atoms with Crippen LogP contribution in [0.5, 0.6) is 0 Å². The fraction of sp³-hybridized carbons (Fsp3) is 0.550. The highest BCUT2D eigenvalue weighted by Crippen LogP contribution is 2.53. The first kappa shape index (κ1) is 22.7. The molecule has 150 valence electrons. The molecule has 0 radical (unpaired) electrons. The van der Waals surface area contributed by atoms with Gasteiger partial charge in [-0.2, -0.15) is 0 Å². The number of nitrogens with zero attached hydrogens (tertiary/aromatic N) is 1. The van der Waals surface area contributed by atoms with Crippen LogP contribution in [0.3, 0.4) is 0 Å². The lowest BCUT2D eigenvalue weighted by atomic mass is 9.85. The second kappa shape index (κ2) is 11.4. The molecule has 1 fully saturated rings. The SMILES string of the molecule is C=CC(CC)CSC1SC([S+]([O-])NCC(=C)/C=C\C)=C2CCC/C(=N\O)C21. The fourth-order valence-corrected chi connectivity index (χ4v) is 8.37. The van der Waals surface area contributed by atoms with E-state index in [1.165, 1.54) is 5.57 Å². The first-order valence-electron chi connectivity index (χ1n) is 9.36. The molecule has 7 heteroatoms. The number of allylic oxidation sites excluding steroid dienone is 3. The number of rotatable bonds is 10. The Morgan fingerprint density at radius 1 is 1.56 bits per heavy atom. The molecule has 4 nitrogen and oxygen atoms in total. The monoisotopic (exact) mass is 426 g/mol. The molecule has 0 amide bonds. The van der Waals surface area contributed by atoms with Crippen LogP contribution in [0.4, 0.5) is 0 Å². The molecule has 4 atom stereocenters. The van der Waals surface area contributed by atoms with Crippen LogP contribution in [-0.2, 0) is 11.4 Å². The third-order valence-electron chi connectivity index (χ3n) is 4.83. The van der Waals surface area contributed by atoms with Crippen molar-refractivity contribution in [2.45, 2.75) is 44.1 Å². The second-order valence-electron chi connectivity index (χ2n) is 6.71. The molecule has 0 bridgehead atoms. The van der Waals surface area contributed by atoms with Crippen LogP contribution in [0.25, 0.3) is 0 Å². The number of nitrogens with one attached hydrogen (secondary N) is 1. The third kappa shape index (κ3) is 5.94. The molecule has 1 heterocycles. The minimum absolute atomic E-state index is 0.0839. The molecule has 0 spiro atoms. The largest absolute Gasteiger partial charge is 0.593 e. The van der Waals surface area contributed by atoms with Crippen molar-refractivity contribution >= 4 is 40.6 Å². The minimum Gasteiger partial charge on any atom is -0.593 e. The highest BCUT2D eigenvalue weighted by Gasteiger charge is 2.45. The van der Waals surface area contributed by atoms with Gasteiger partial charge in [0.1, 0.15) is 0 Å². The van der Waals surface area contributed by atoms with Crippen LogP contribution in [0.15, 0.2) is 51.9 Å². The average molecular weight is 427 g/mol. The Morgan fingerprint density at radius 2 is 2.33 bits per heavy atom. The van der Waals surface area contributed by atoms with E-state index in [0.717, 1.165) is 47.0 Å². The molecule has 0 aromatic heterocycles. The van der Waals surface area contributed by atoms with Crippen LogP contribution in [-0.4, -0.2) is 32.4 Å². The van der Waals surface area contributed by atoms with Crippen molar-refractivity contribution in [3.05, 3.63) is 46.8 Å². The molecule has 1 aliphatic heterocycles. The van der Waals surface area contributed by atoms with Gasteiger partial charge in [-0.25, -0.2) is 0 Å². The van der Waals surface area contributed by atoms with E-state index in [4.69, 9.17) is 0 Å². The zero-order valence-electron chi connectivity index (χ0n) is 16.1. The summed E-state index contributed by atoms with van der Waals surface area (Å²) in [4.78, 5) is 0. The topological polar surface area (TPSA) is 67.7 Å². The van der Waals surface area contributed by atoms with Gasteiger partial charge in [-0.1, -0.05) is 48.6 Å². The molecule has 4 unspecified atom stereocenters. The summed E-state index contributed by atoms with van der Waals surface area (Å²) in [5.41, 5.74) is 2.92. The predicted octanol–water partition coefficient (Wildman–Crippen LogP) is 5.23. The van der Waals surface area contributed by atoms with Gasteiger partial charge in [0, 0.05) is 17.2 Å². The quantitative estimate of drug-likeness (QED) is 0.165. The molecular weight excluding hydrogens is 396 g/mol. The van der Waals surface area contributed by atoms with Crippen molar-refractivity contribution in [1.29, 1.82) is 0 Å². The van der Waals surface area contributed by atoms with E-state index in [0.29, 0.717) is 12.5 Å². The van der Waals surface area contributed by atoms with Gasteiger partial charge >= 0.3 is 0 Å². The first-order chi connectivity index (χ1) is 13.0. The number of hydrogen-bond donors (Lipinski definition) is 2. The standard InChI is InChI=1S/C20H30N2O2S3/c1-5-9-14(4)12-21-27(24)20-16-10-8-11-17(22-23)18(16)19(26-20)25-13-15(6-2)7-3/h5-6,9,15,18-19,21,23H,2,4,7-8,10-13H2,1,3H3/b9-5-,22-17+. The van der Waals surface area contributed by atoms with Gasteiger partial charge in [-0.05, 0) is 44.1 Å². The minimum atomic E-state index is -1.27. The molecule has 0 aromatic carbocycles. The molecule has 2 aliphatic rings. The average Bonchev–Trinajstić information content (AvgIpc) is 3.06. The maximum atomic E-state index is 12.9. The molecular formula is C20H30N2O2S3. The van der Waals surface area contributed by atoms with Gasteiger partial charge in [0.05, 0.1) is 28.2 Å². The molecule has 1 aliphatic carbocycles. The normalized spacial score (nSPS) is 26.4. The fourth-order valence-electron chi connectivity index (χ4n) is 3.27. The van der Waals surface area contributed by atoms with Crippen molar-refractivity contribution in [2.24, 2.45) is 17.0 Å². The van der Waals surface area contributed by atoms with E-state index >= 15 is 0 Å². The van der Waals surface area contributed by atoms with Crippen molar-refractivity contribution in [3.8, 4) is 0 Å². The van der Waals surface area contributed by atoms with Crippen molar-refractivity contribution < 1.29 is 9.76 Å². The smallest absolute Gasteiger partial charge is 0.208 e. The van der Waals surface area contributed by atoms with E-state index in [1.54, 1.807) is 11.8 Å².